The van der Waals surface area contributed by atoms with Crippen molar-refractivity contribution in [2.75, 3.05) is 0 Å². The van der Waals surface area contributed by atoms with Gasteiger partial charge in [0, 0.05) is 0 Å². The van der Waals surface area contributed by atoms with Gasteiger partial charge in [0.05, 0.1) is 0 Å². The number of phenolic OH excluding ortho intramolecular Hbond substituents is 1. The molecule has 13 heavy (non-hydrogen) atoms. The lowest BCUT2D eigenvalue weighted by Gasteiger charge is -2.11. The van der Waals surface area contributed by atoms with Crippen LogP contribution in [0.15, 0.2) is 18.2 Å². The number of benzene rings is 1. The van der Waals surface area contributed by atoms with Gasteiger partial charge in [0.15, 0.2) is 0 Å². The lowest BCUT2D eigenvalue weighted by Crippen LogP contribution is -1.93. The van der Waals surface area contributed by atoms with E-state index in [2.05, 4.69) is 19.9 Å². The highest BCUT2D eigenvalue weighted by atomic mass is 16.3. The minimum Gasteiger partial charge on any atom is -0.508 e. The highest BCUT2D eigenvalue weighted by molar-refractivity contribution is 5.36. The van der Waals surface area contributed by atoms with Crippen molar-refractivity contribution in [3.05, 3.63) is 29.3 Å². The Morgan fingerprint density at radius 2 is 2.08 bits per heavy atom. The fourth-order valence-corrected chi connectivity index (χ4v) is 1.58. The summed E-state index contributed by atoms with van der Waals surface area (Å²) < 4.78 is 0. The third-order valence-corrected chi connectivity index (χ3v) is 2.51. The molecule has 1 atom stereocenters. The van der Waals surface area contributed by atoms with Crippen LogP contribution < -0.4 is 0 Å². The quantitative estimate of drug-likeness (QED) is 0.749. The van der Waals surface area contributed by atoms with Crippen LogP contribution in [0.25, 0.3) is 0 Å². The third-order valence-electron chi connectivity index (χ3n) is 2.51. The monoisotopic (exact) mass is 178 g/mol. The molecule has 0 fully saturated rings. The molecule has 0 bridgehead atoms. The van der Waals surface area contributed by atoms with Crippen molar-refractivity contribution >= 4 is 0 Å². The second-order valence-electron chi connectivity index (χ2n) is 3.74. The second-order valence-corrected chi connectivity index (χ2v) is 3.74. The maximum atomic E-state index is 9.36. The Morgan fingerprint density at radius 1 is 1.38 bits per heavy atom. The Labute approximate surface area is 80.4 Å². The second kappa shape index (κ2) is 4.31. The zero-order chi connectivity index (χ0) is 9.84. The molecule has 72 valence electrons. The zero-order valence-corrected chi connectivity index (χ0v) is 8.67. The van der Waals surface area contributed by atoms with Crippen LogP contribution >= 0.6 is 0 Å². The smallest absolute Gasteiger partial charge is 0.118 e. The van der Waals surface area contributed by atoms with Gasteiger partial charge in [0.1, 0.15) is 5.75 Å². The van der Waals surface area contributed by atoms with E-state index >= 15 is 0 Å². The van der Waals surface area contributed by atoms with Gasteiger partial charge in [-0.1, -0.05) is 32.4 Å². The van der Waals surface area contributed by atoms with Crippen LogP contribution in [0.2, 0.25) is 0 Å². The van der Waals surface area contributed by atoms with Crippen LogP contribution in [0.5, 0.6) is 5.75 Å². The van der Waals surface area contributed by atoms with Crippen LogP contribution in [0.4, 0.5) is 0 Å². The molecule has 0 aliphatic rings. The molecule has 0 heterocycles. The summed E-state index contributed by atoms with van der Waals surface area (Å²) >= 11 is 0. The van der Waals surface area contributed by atoms with Gasteiger partial charge in [-0.2, -0.15) is 0 Å². The molecule has 1 heteroatoms. The van der Waals surface area contributed by atoms with E-state index in [4.69, 9.17) is 0 Å². The molecule has 1 aromatic rings. The van der Waals surface area contributed by atoms with E-state index in [1.165, 1.54) is 18.4 Å². The van der Waals surface area contributed by atoms with Crippen molar-refractivity contribution in [3.63, 3.8) is 0 Å². The first-order chi connectivity index (χ1) is 6.15. The molecule has 1 nitrogen and oxygen atoms in total. The summed E-state index contributed by atoms with van der Waals surface area (Å²) in [7, 11) is 0. The van der Waals surface area contributed by atoms with Crippen molar-refractivity contribution < 1.29 is 5.11 Å². The third kappa shape index (κ3) is 2.48. The van der Waals surface area contributed by atoms with Crippen LogP contribution in [-0.2, 0) is 0 Å². The molecule has 0 aliphatic heterocycles. The lowest BCUT2D eigenvalue weighted by atomic mass is 9.95. The molecule has 1 N–H and O–H groups in total. The summed E-state index contributed by atoms with van der Waals surface area (Å²) in [6, 6.07) is 5.88. The number of rotatable bonds is 3. The number of aryl methyl sites for hydroxylation is 1. The van der Waals surface area contributed by atoms with Gasteiger partial charge in [-0.25, -0.2) is 0 Å². The normalized spacial score (nSPS) is 12.8. The Hall–Kier alpha value is -0.980. The minimum atomic E-state index is 0.396. The van der Waals surface area contributed by atoms with Gasteiger partial charge < -0.3 is 5.11 Å². The molecule has 1 rings (SSSR count). The van der Waals surface area contributed by atoms with Gasteiger partial charge in [0.25, 0.3) is 0 Å². The molecule has 0 amide bonds. The molecule has 1 aromatic carbocycles. The first kappa shape index (κ1) is 10.1. The van der Waals surface area contributed by atoms with Gasteiger partial charge >= 0.3 is 0 Å². The highest BCUT2D eigenvalue weighted by Crippen LogP contribution is 2.25. The number of phenols is 1. The summed E-state index contributed by atoms with van der Waals surface area (Å²) in [5.41, 5.74) is 2.30. The molecule has 0 radical (unpaired) electrons. The van der Waals surface area contributed by atoms with Crippen molar-refractivity contribution in [2.45, 2.75) is 39.5 Å². The van der Waals surface area contributed by atoms with Gasteiger partial charge in [-0.05, 0) is 36.5 Å². The average molecular weight is 178 g/mol. The lowest BCUT2D eigenvalue weighted by molar-refractivity contribution is 0.470. The molecular weight excluding hydrogens is 160 g/mol. The van der Waals surface area contributed by atoms with Gasteiger partial charge in [0.2, 0.25) is 0 Å². The molecule has 0 spiro atoms. The summed E-state index contributed by atoms with van der Waals surface area (Å²) in [4.78, 5) is 0. The predicted octanol–water partition coefficient (Wildman–Crippen LogP) is 3.60. The molecule has 0 aromatic heterocycles. The average Bonchev–Trinajstić information content (AvgIpc) is 2.10. The minimum absolute atomic E-state index is 0.396. The van der Waals surface area contributed by atoms with Gasteiger partial charge in [-0.15, -0.1) is 0 Å². The van der Waals surface area contributed by atoms with Crippen molar-refractivity contribution in [2.24, 2.45) is 0 Å². The predicted molar refractivity (Wildman–Crippen MR) is 56.2 cm³/mol. The van der Waals surface area contributed by atoms with Crippen LogP contribution in [0, 0.1) is 6.92 Å². The Balaban J connectivity index is 2.84. The Morgan fingerprint density at radius 3 is 2.62 bits per heavy atom. The van der Waals surface area contributed by atoms with Crippen molar-refractivity contribution in [1.82, 2.24) is 0 Å². The van der Waals surface area contributed by atoms with E-state index in [9.17, 15) is 5.11 Å². The van der Waals surface area contributed by atoms with E-state index in [1.54, 1.807) is 6.07 Å². The molecule has 0 aliphatic carbocycles. The molecule has 0 saturated heterocycles. The first-order valence-corrected chi connectivity index (χ1v) is 4.94. The molecule has 1 unspecified atom stereocenters. The SMILES string of the molecule is CCCC(C)c1ccc(O)c(C)c1. The zero-order valence-electron chi connectivity index (χ0n) is 8.67. The van der Waals surface area contributed by atoms with Crippen molar-refractivity contribution in [3.8, 4) is 5.75 Å². The Kier molecular flexibility index (Phi) is 3.35. The summed E-state index contributed by atoms with van der Waals surface area (Å²) in [6.45, 7) is 6.37. The highest BCUT2D eigenvalue weighted by Gasteiger charge is 2.05. The number of aromatic hydroxyl groups is 1. The largest absolute Gasteiger partial charge is 0.508 e. The fourth-order valence-electron chi connectivity index (χ4n) is 1.58. The van der Waals surface area contributed by atoms with E-state index in [1.807, 2.05) is 13.0 Å². The van der Waals surface area contributed by atoms with Crippen LogP contribution in [-0.4, -0.2) is 5.11 Å². The standard InChI is InChI=1S/C12H18O/c1-4-5-9(2)11-6-7-12(13)10(3)8-11/h6-9,13H,4-5H2,1-3H3. The number of hydrogen-bond acceptors (Lipinski definition) is 1. The van der Waals surface area contributed by atoms with Crippen molar-refractivity contribution in [1.29, 1.82) is 0 Å². The molecule has 0 saturated carbocycles. The van der Waals surface area contributed by atoms with E-state index in [-0.39, 0.29) is 0 Å². The van der Waals surface area contributed by atoms with E-state index in [0.717, 1.165) is 5.56 Å². The topological polar surface area (TPSA) is 20.2 Å². The maximum absolute atomic E-state index is 9.36. The van der Waals surface area contributed by atoms with Crippen LogP contribution in [0.3, 0.4) is 0 Å². The fraction of sp³-hybridized carbons (Fsp3) is 0.500. The number of hydrogen-bond donors (Lipinski definition) is 1. The summed E-state index contributed by atoms with van der Waals surface area (Å²) in [5.74, 6) is 0.997. The maximum Gasteiger partial charge on any atom is 0.118 e. The summed E-state index contributed by atoms with van der Waals surface area (Å²) in [6.07, 6.45) is 2.42. The van der Waals surface area contributed by atoms with E-state index < -0.39 is 0 Å². The first-order valence-electron chi connectivity index (χ1n) is 4.94. The van der Waals surface area contributed by atoms with Crippen LogP contribution in [0.1, 0.15) is 43.7 Å². The molecular formula is C12H18O. The van der Waals surface area contributed by atoms with Gasteiger partial charge in [-0.3, -0.25) is 0 Å². The summed E-state index contributed by atoms with van der Waals surface area (Å²) in [5, 5.41) is 9.36. The van der Waals surface area contributed by atoms with E-state index in [0.29, 0.717) is 11.7 Å². The Bertz CT molecular complexity index is 278.